The Labute approximate surface area is 105 Å². The van der Waals surface area contributed by atoms with Crippen LogP contribution in [0.3, 0.4) is 0 Å². The lowest BCUT2D eigenvalue weighted by molar-refractivity contribution is -0.143. The van der Waals surface area contributed by atoms with Gasteiger partial charge >= 0.3 is 5.97 Å². The molecule has 1 aromatic carbocycles. The second-order valence-electron chi connectivity index (χ2n) is 4.83. The number of carboxylic acids is 1. The largest absolute Gasteiger partial charge is 0.481 e. The van der Waals surface area contributed by atoms with Crippen LogP contribution in [0.4, 0.5) is 0 Å². The number of aliphatic carboxylic acids is 1. The molecule has 1 aliphatic rings. The highest BCUT2D eigenvalue weighted by atomic mass is 16.4. The number of hydrogen-bond acceptors (Lipinski definition) is 2. The number of aromatic amines is 1. The molecule has 1 saturated heterocycles. The third kappa shape index (κ3) is 1.78. The smallest absolute Gasteiger partial charge is 0.307 e. The molecule has 3 N–H and O–H groups in total. The van der Waals surface area contributed by atoms with E-state index in [4.69, 9.17) is 0 Å². The number of piperidine rings is 1. The van der Waals surface area contributed by atoms with Crippen molar-refractivity contribution in [1.29, 1.82) is 0 Å². The summed E-state index contributed by atoms with van der Waals surface area (Å²) in [5.41, 5.74) is 2.19. The molecule has 2 aromatic rings. The van der Waals surface area contributed by atoms with Crippen LogP contribution < -0.4 is 5.32 Å². The van der Waals surface area contributed by atoms with Crippen molar-refractivity contribution in [3.8, 4) is 0 Å². The van der Waals surface area contributed by atoms with Crippen LogP contribution in [0, 0.1) is 5.92 Å². The highest BCUT2D eigenvalue weighted by Gasteiger charge is 2.33. The van der Waals surface area contributed by atoms with Crippen LogP contribution in [0.5, 0.6) is 0 Å². The van der Waals surface area contributed by atoms with Gasteiger partial charge in [-0.25, -0.2) is 0 Å². The first-order chi connectivity index (χ1) is 8.77. The van der Waals surface area contributed by atoms with Gasteiger partial charge in [-0.05, 0) is 24.6 Å². The lowest BCUT2D eigenvalue weighted by atomic mass is 9.81. The quantitative estimate of drug-likeness (QED) is 0.756. The Hall–Kier alpha value is -1.81. The molecule has 2 atom stereocenters. The van der Waals surface area contributed by atoms with Crippen LogP contribution in [-0.4, -0.2) is 29.1 Å². The Morgan fingerprint density at radius 1 is 1.33 bits per heavy atom. The summed E-state index contributed by atoms with van der Waals surface area (Å²) in [6, 6.07) is 8.04. The van der Waals surface area contributed by atoms with Crippen LogP contribution in [0.1, 0.15) is 17.9 Å². The maximum atomic E-state index is 11.4. The molecule has 2 heterocycles. The predicted octanol–water partition coefficient (Wildman–Crippen LogP) is 1.95. The topological polar surface area (TPSA) is 65.1 Å². The summed E-state index contributed by atoms with van der Waals surface area (Å²) in [4.78, 5) is 14.6. The number of H-pyrrole nitrogens is 1. The van der Waals surface area contributed by atoms with Gasteiger partial charge in [0.25, 0.3) is 0 Å². The SMILES string of the molecule is O=C(O)C1CCNCC1c1c[nH]c2ccccc12. The number of fused-ring (bicyclic) bond motifs is 1. The number of benzene rings is 1. The molecular weight excluding hydrogens is 228 g/mol. The molecule has 0 amide bonds. The number of nitrogens with one attached hydrogen (secondary N) is 2. The molecule has 1 aromatic heterocycles. The van der Waals surface area contributed by atoms with Crippen molar-refractivity contribution in [1.82, 2.24) is 10.3 Å². The van der Waals surface area contributed by atoms with Crippen molar-refractivity contribution in [2.45, 2.75) is 12.3 Å². The first kappa shape index (κ1) is 11.3. The molecule has 0 bridgehead atoms. The first-order valence-electron chi connectivity index (χ1n) is 6.27. The molecule has 0 saturated carbocycles. The molecule has 94 valence electrons. The van der Waals surface area contributed by atoms with E-state index in [1.54, 1.807) is 0 Å². The van der Waals surface area contributed by atoms with Crippen LogP contribution in [-0.2, 0) is 4.79 Å². The zero-order valence-corrected chi connectivity index (χ0v) is 10.0. The van der Waals surface area contributed by atoms with E-state index in [0.717, 1.165) is 29.6 Å². The van der Waals surface area contributed by atoms with Crippen LogP contribution >= 0.6 is 0 Å². The number of aromatic nitrogens is 1. The van der Waals surface area contributed by atoms with Crippen molar-refractivity contribution < 1.29 is 9.90 Å². The second kappa shape index (κ2) is 4.46. The molecule has 1 aliphatic heterocycles. The summed E-state index contributed by atoms with van der Waals surface area (Å²) < 4.78 is 0. The number of rotatable bonds is 2. The van der Waals surface area contributed by atoms with E-state index in [0.29, 0.717) is 6.42 Å². The van der Waals surface area contributed by atoms with Crippen molar-refractivity contribution >= 4 is 16.9 Å². The Balaban J connectivity index is 2.04. The second-order valence-corrected chi connectivity index (χ2v) is 4.83. The number of hydrogen-bond donors (Lipinski definition) is 3. The summed E-state index contributed by atoms with van der Waals surface area (Å²) in [7, 11) is 0. The van der Waals surface area contributed by atoms with Crippen LogP contribution in [0.25, 0.3) is 10.9 Å². The standard InChI is InChI=1S/C14H16N2O2/c17-14(18)10-5-6-15-7-11(10)12-8-16-13-4-2-1-3-9(12)13/h1-4,8,10-11,15-16H,5-7H2,(H,17,18). The number of para-hydroxylation sites is 1. The summed E-state index contributed by atoms with van der Waals surface area (Å²) >= 11 is 0. The third-order valence-corrected chi connectivity index (χ3v) is 3.82. The van der Waals surface area contributed by atoms with Gasteiger partial charge in [0.15, 0.2) is 0 Å². The van der Waals surface area contributed by atoms with Gasteiger partial charge in [0.05, 0.1) is 5.92 Å². The normalized spacial score (nSPS) is 24.2. The summed E-state index contributed by atoms with van der Waals surface area (Å²) in [5.74, 6) is -0.926. The maximum Gasteiger partial charge on any atom is 0.307 e. The average molecular weight is 244 g/mol. The van der Waals surface area contributed by atoms with E-state index < -0.39 is 5.97 Å². The van der Waals surface area contributed by atoms with E-state index in [1.165, 1.54) is 0 Å². The lowest BCUT2D eigenvalue weighted by Gasteiger charge is -2.29. The van der Waals surface area contributed by atoms with Crippen molar-refractivity contribution in [3.05, 3.63) is 36.0 Å². The minimum atomic E-state index is -0.688. The molecule has 0 spiro atoms. The zero-order valence-electron chi connectivity index (χ0n) is 10.0. The van der Waals surface area contributed by atoms with Crippen LogP contribution in [0.15, 0.2) is 30.5 Å². The molecular formula is C14H16N2O2. The van der Waals surface area contributed by atoms with Gasteiger partial charge in [-0.3, -0.25) is 4.79 Å². The third-order valence-electron chi connectivity index (χ3n) is 3.82. The van der Waals surface area contributed by atoms with E-state index in [9.17, 15) is 9.90 Å². The van der Waals surface area contributed by atoms with E-state index in [-0.39, 0.29) is 11.8 Å². The van der Waals surface area contributed by atoms with Crippen LogP contribution in [0.2, 0.25) is 0 Å². The highest BCUT2D eigenvalue weighted by Crippen LogP contribution is 2.34. The molecule has 3 rings (SSSR count). The molecule has 4 nitrogen and oxygen atoms in total. The van der Waals surface area contributed by atoms with Gasteiger partial charge in [-0.2, -0.15) is 0 Å². The molecule has 0 aliphatic carbocycles. The van der Waals surface area contributed by atoms with Gasteiger partial charge in [-0.15, -0.1) is 0 Å². The number of carboxylic acid groups (broad SMARTS) is 1. The minimum Gasteiger partial charge on any atom is -0.481 e. The predicted molar refractivity (Wildman–Crippen MR) is 69.7 cm³/mol. The van der Waals surface area contributed by atoms with Gasteiger partial charge in [0.1, 0.15) is 0 Å². The Morgan fingerprint density at radius 3 is 3.00 bits per heavy atom. The molecule has 4 heteroatoms. The summed E-state index contributed by atoms with van der Waals surface area (Å²) in [6.07, 6.45) is 2.65. The maximum absolute atomic E-state index is 11.4. The van der Waals surface area contributed by atoms with E-state index in [2.05, 4.69) is 16.4 Å². The van der Waals surface area contributed by atoms with Crippen molar-refractivity contribution in [2.75, 3.05) is 13.1 Å². The molecule has 2 unspecified atom stereocenters. The summed E-state index contributed by atoms with van der Waals surface area (Å²) in [5, 5.41) is 13.8. The Bertz CT molecular complexity index is 576. The van der Waals surface area contributed by atoms with Gasteiger partial charge in [-0.1, -0.05) is 18.2 Å². The number of carbonyl (C=O) groups is 1. The summed E-state index contributed by atoms with van der Waals surface area (Å²) in [6.45, 7) is 1.52. The monoisotopic (exact) mass is 244 g/mol. The first-order valence-corrected chi connectivity index (χ1v) is 6.27. The molecule has 0 radical (unpaired) electrons. The fourth-order valence-corrected chi connectivity index (χ4v) is 2.88. The Morgan fingerprint density at radius 2 is 2.17 bits per heavy atom. The molecule has 18 heavy (non-hydrogen) atoms. The van der Waals surface area contributed by atoms with Crippen molar-refractivity contribution in [3.63, 3.8) is 0 Å². The van der Waals surface area contributed by atoms with E-state index in [1.807, 2.05) is 24.4 Å². The Kier molecular flexibility index (Phi) is 2.80. The molecule has 1 fully saturated rings. The van der Waals surface area contributed by atoms with Crippen molar-refractivity contribution in [2.24, 2.45) is 5.92 Å². The minimum absolute atomic E-state index is 0.0485. The average Bonchev–Trinajstić information content (AvgIpc) is 2.82. The fourth-order valence-electron chi connectivity index (χ4n) is 2.88. The highest BCUT2D eigenvalue weighted by molar-refractivity contribution is 5.84. The van der Waals surface area contributed by atoms with E-state index >= 15 is 0 Å². The fraction of sp³-hybridized carbons (Fsp3) is 0.357. The van der Waals surface area contributed by atoms with Gasteiger partial charge in [0, 0.05) is 29.6 Å². The van der Waals surface area contributed by atoms with Gasteiger partial charge in [0.2, 0.25) is 0 Å². The van der Waals surface area contributed by atoms with Gasteiger partial charge < -0.3 is 15.4 Å². The lowest BCUT2D eigenvalue weighted by Crippen LogP contribution is -2.38. The zero-order chi connectivity index (χ0) is 12.5.